The Labute approximate surface area is 142 Å². The van der Waals surface area contributed by atoms with E-state index in [-0.39, 0.29) is 18.4 Å². The molecule has 0 atom stereocenters. The summed E-state index contributed by atoms with van der Waals surface area (Å²) in [4.78, 5) is 11.5. The number of nitrogens with zero attached hydrogens (tertiary/aromatic N) is 1. The van der Waals surface area contributed by atoms with E-state index in [2.05, 4.69) is 10.0 Å². The second-order valence-electron chi connectivity index (χ2n) is 6.23. The highest BCUT2D eigenvalue weighted by atomic mass is 32.2. The molecule has 0 saturated carbocycles. The van der Waals surface area contributed by atoms with Crippen LogP contribution in [0.3, 0.4) is 0 Å². The summed E-state index contributed by atoms with van der Waals surface area (Å²) in [6.07, 6.45) is 0.996. The molecule has 24 heavy (non-hydrogen) atoms. The lowest BCUT2D eigenvalue weighted by Gasteiger charge is -2.29. The molecule has 0 aliphatic carbocycles. The molecule has 2 N–H and O–H groups in total. The van der Waals surface area contributed by atoms with Crippen molar-refractivity contribution in [1.82, 2.24) is 14.3 Å². The summed E-state index contributed by atoms with van der Waals surface area (Å²) >= 11 is 0. The van der Waals surface area contributed by atoms with Crippen molar-refractivity contribution in [2.24, 2.45) is 5.92 Å². The number of fused-ring (bicyclic) bond motifs is 1. The fraction of sp³-hybridized carbons (Fsp3) is 0.562. The number of nitrogens with one attached hydrogen (secondary N) is 2. The lowest BCUT2D eigenvalue weighted by atomic mass is 9.99. The first-order valence-corrected chi connectivity index (χ1v) is 9.57. The van der Waals surface area contributed by atoms with Crippen LogP contribution in [0, 0.1) is 5.92 Å². The molecule has 8 heteroatoms. The zero-order valence-electron chi connectivity index (χ0n) is 13.7. The Bertz CT molecular complexity index is 712. The SMILES string of the molecule is COC(=O)C1CCN(S(=O)(=O)NCc2ccc3c(c2)CNC3)CC1. The van der Waals surface area contributed by atoms with Gasteiger partial charge in [-0.05, 0) is 29.5 Å². The van der Waals surface area contributed by atoms with Crippen molar-refractivity contribution in [2.45, 2.75) is 32.5 Å². The van der Waals surface area contributed by atoms with E-state index in [9.17, 15) is 13.2 Å². The summed E-state index contributed by atoms with van der Waals surface area (Å²) in [5.74, 6) is -0.461. The van der Waals surface area contributed by atoms with Gasteiger partial charge in [-0.25, -0.2) is 0 Å². The third-order valence-electron chi connectivity index (χ3n) is 4.69. The number of hydrogen-bond donors (Lipinski definition) is 2. The average Bonchev–Trinajstić information content (AvgIpc) is 3.07. The predicted molar refractivity (Wildman–Crippen MR) is 89.1 cm³/mol. The smallest absolute Gasteiger partial charge is 0.308 e. The van der Waals surface area contributed by atoms with Crippen molar-refractivity contribution >= 4 is 16.2 Å². The Morgan fingerprint density at radius 3 is 2.71 bits per heavy atom. The minimum atomic E-state index is -3.54. The van der Waals surface area contributed by atoms with Gasteiger partial charge in [0.1, 0.15) is 0 Å². The standard InChI is InChI=1S/C16H23N3O4S/c1-23-16(20)13-4-6-19(7-5-13)24(21,22)18-9-12-2-3-14-10-17-11-15(14)8-12/h2-3,8,13,17-18H,4-7,9-11H2,1H3. The van der Waals surface area contributed by atoms with Gasteiger partial charge in [0.05, 0.1) is 13.0 Å². The van der Waals surface area contributed by atoms with Crippen molar-refractivity contribution in [2.75, 3.05) is 20.2 Å². The number of methoxy groups -OCH3 is 1. The molecule has 1 fully saturated rings. The van der Waals surface area contributed by atoms with Crippen LogP contribution in [-0.4, -0.2) is 38.9 Å². The van der Waals surface area contributed by atoms with Crippen LogP contribution < -0.4 is 10.0 Å². The normalized spacial score (nSPS) is 19.2. The fourth-order valence-electron chi connectivity index (χ4n) is 3.22. The molecule has 2 aliphatic rings. The van der Waals surface area contributed by atoms with Crippen molar-refractivity contribution in [3.8, 4) is 0 Å². The van der Waals surface area contributed by atoms with Crippen molar-refractivity contribution in [3.05, 3.63) is 34.9 Å². The van der Waals surface area contributed by atoms with Crippen LogP contribution in [0.5, 0.6) is 0 Å². The number of piperidine rings is 1. The van der Waals surface area contributed by atoms with Gasteiger partial charge in [-0.2, -0.15) is 17.4 Å². The molecule has 0 bridgehead atoms. The molecule has 0 radical (unpaired) electrons. The van der Waals surface area contributed by atoms with E-state index in [1.165, 1.54) is 22.5 Å². The lowest BCUT2D eigenvalue weighted by Crippen LogP contribution is -2.45. The first-order chi connectivity index (χ1) is 11.5. The first-order valence-electron chi connectivity index (χ1n) is 8.13. The van der Waals surface area contributed by atoms with Crippen LogP contribution in [0.15, 0.2) is 18.2 Å². The molecule has 2 aliphatic heterocycles. The molecule has 7 nitrogen and oxygen atoms in total. The summed E-state index contributed by atoms with van der Waals surface area (Å²) in [6, 6.07) is 6.04. The topological polar surface area (TPSA) is 87.7 Å². The Hall–Kier alpha value is -1.48. The molecule has 0 aromatic heterocycles. The second kappa shape index (κ2) is 7.18. The Morgan fingerprint density at radius 1 is 1.29 bits per heavy atom. The van der Waals surface area contributed by atoms with Crippen molar-refractivity contribution < 1.29 is 17.9 Å². The summed E-state index contributed by atoms with van der Waals surface area (Å²) in [5, 5.41) is 3.27. The Morgan fingerprint density at radius 2 is 2.00 bits per heavy atom. The highest BCUT2D eigenvalue weighted by molar-refractivity contribution is 7.87. The van der Waals surface area contributed by atoms with E-state index >= 15 is 0 Å². The average molecular weight is 353 g/mol. The van der Waals surface area contributed by atoms with Gasteiger partial charge in [0.15, 0.2) is 0 Å². The van der Waals surface area contributed by atoms with Gasteiger partial charge in [0.2, 0.25) is 0 Å². The van der Waals surface area contributed by atoms with Crippen molar-refractivity contribution in [3.63, 3.8) is 0 Å². The van der Waals surface area contributed by atoms with Gasteiger partial charge in [-0.15, -0.1) is 0 Å². The fourth-order valence-corrected chi connectivity index (χ4v) is 4.45. The van der Waals surface area contributed by atoms with E-state index < -0.39 is 10.2 Å². The highest BCUT2D eigenvalue weighted by Crippen LogP contribution is 2.21. The predicted octanol–water partition coefficient (Wildman–Crippen LogP) is 0.509. The van der Waals surface area contributed by atoms with Crippen LogP contribution in [0.2, 0.25) is 0 Å². The molecule has 0 spiro atoms. The van der Waals surface area contributed by atoms with E-state index in [1.807, 2.05) is 18.2 Å². The van der Waals surface area contributed by atoms with Gasteiger partial charge >= 0.3 is 5.97 Å². The minimum Gasteiger partial charge on any atom is -0.469 e. The van der Waals surface area contributed by atoms with Crippen molar-refractivity contribution in [1.29, 1.82) is 0 Å². The molecule has 1 aromatic rings. The largest absolute Gasteiger partial charge is 0.469 e. The quantitative estimate of drug-likeness (QED) is 0.753. The summed E-state index contributed by atoms with van der Waals surface area (Å²) < 4.78 is 33.6. The molecule has 1 aromatic carbocycles. The van der Waals surface area contributed by atoms with Crippen LogP contribution in [0.25, 0.3) is 0 Å². The van der Waals surface area contributed by atoms with Crippen LogP contribution in [-0.2, 0) is 39.4 Å². The first kappa shape index (κ1) is 17.3. The summed E-state index contributed by atoms with van der Waals surface area (Å²) in [7, 11) is -2.18. The van der Waals surface area contributed by atoms with Gasteiger partial charge < -0.3 is 10.1 Å². The third kappa shape index (κ3) is 3.77. The number of benzene rings is 1. The zero-order valence-corrected chi connectivity index (χ0v) is 14.6. The zero-order chi connectivity index (χ0) is 17.2. The van der Waals surface area contributed by atoms with Gasteiger partial charge in [-0.1, -0.05) is 18.2 Å². The summed E-state index contributed by atoms with van der Waals surface area (Å²) in [6.45, 7) is 2.65. The van der Waals surface area contributed by atoms with Crippen LogP contribution in [0.1, 0.15) is 29.5 Å². The maximum Gasteiger partial charge on any atom is 0.308 e. The monoisotopic (exact) mass is 353 g/mol. The molecule has 2 heterocycles. The second-order valence-corrected chi connectivity index (χ2v) is 7.98. The molecule has 1 saturated heterocycles. The number of carbonyl (C=O) groups excluding carboxylic acids is 1. The molecular formula is C16H23N3O4S. The van der Waals surface area contributed by atoms with Crippen LogP contribution >= 0.6 is 0 Å². The van der Waals surface area contributed by atoms with Gasteiger partial charge in [0, 0.05) is 32.7 Å². The van der Waals surface area contributed by atoms with E-state index in [0.717, 1.165) is 18.7 Å². The van der Waals surface area contributed by atoms with E-state index in [4.69, 9.17) is 4.74 Å². The summed E-state index contributed by atoms with van der Waals surface area (Å²) in [5.41, 5.74) is 3.45. The Kier molecular flexibility index (Phi) is 5.19. The number of carbonyl (C=O) groups is 1. The molecular weight excluding hydrogens is 330 g/mol. The van der Waals surface area contributed by atoms with Crippen LogP contribution in [0.4, 0.5) is 0 Å². The maximum atomic E-state index is 12.4. The van der Waals surface area contributed by atoms with E-state index in [1.54, 1.807) is 0 Å². The molecule has 0 unspecified atom stereocenters. The molecule has 132 valence electrons. The maximum absolute atomic E-state index is 12.4. The lowest BCUT2D eigenvalue weighted by molar-refractivity contribution is -0.146. The minimum absolute atomic E-state index is 0.203. The molecule has 3 rings (SSSR count). The number of esters is 1. The number of rotatable bonds is 5. The van der Waals surface area contributed by atoms with Gasteiger partial charge in [0.25, 0.3) is 10.2 Å². The number of ether oxygens (including phenoxy) is 1. The van der Waals surface area contributed by atoms with Gasteiger partial charge in [-0.3, -0.25) is 4.79 Å². The Balaban J connectivity index is 1.56. The number of hydrogen-bond acceptors (Lipinski definition) is 5. The third-order valence-corrected chi connectivity index (χ3v) is 6.24. The highest BCUT2D eigenvalue weighted by Gasteiger charge is 2.31. The van der Waals surface area contributed by atoms with E-state index in [0.29, 0.717) is 25.9 Å². The molecule has 0 amide bonds.